The van der Waals surface area contributed by atoms with Gasteiger partial charge in [-0.05, 0) is 75.1 Å². The van der Waals surface area contributed by atoms with Crippen molar-refractivity contribution in [1.82, 2.24) is 10.3 Å². The second kappa shape index (κ2) is 10.9. The van der Waals surface area contributed by atoms with Crippen molar-refractivity contribution in [3.8, 4) is 0 Å². The van der Waals surface area contributed by atoms with Crippen LogP contribution in [-0.4, -0.2) is 40.2 Å². The second-order valence-electron chi connectivity index (χ2n) is 9.14. The number of aliphatic hydroxyl groups is 1. The summed E-state index contributed by atoms with van der Waals surface area (Å²) in [6.45, 7) is 0.660. The van der Waals surface area contributed by atoms with Gasteiger partial charge in [0.15, 0.2) is 0 Å². The molecule has 2 amide bonds. The number of rotatable bonds is 7. The van der Waals surface area contributed by atoms with E-state index in [1.54, 1.807) is 4.90 Å². The van der Waals surface area contributed by atoms with Crippen molar-refractivity contribution in [3.63, 3.8) is 0 Å². The minimum atomic E-state index is -0.625. The summed E-state index contributed by atoms with van der Waals surface area (Å²) in [5.74, 6) is -0.506. The first-order chi connectivity index (χ1) is 16.9. The van der Waals surface area contributed by atoms with Gasteiger partial charge < -0.3 is 15.3 Å². The molecule has 1 aliphatic carbocycles. The number of nitrogens with zero attached hydrogens (tertiary/aromatic N) is 3. The van der Waals surface area contributed by atoms with Crippen LogP contribution in [0.2, 0.25) is 0 Å². The van der Waals surface area contributed by atoms with Crippen LogP contribution in [-0.2, 0) is 0 Å². The molecule has 2 fully saturated rings. The quantitative estimate of drug-likeness (QED) is 0.384. The monoisotopic (exact) mass is 489 g/mol. The Morgan fingerprint density at radius 2 is 1.94 bits per heavy atom. The van der Waals surface area contributed by atoms with Gasteiger partial charge in [-0.25, -0.2) is 18.6 Å². The molecule has 1 aliphatic heterocycles. The number of amides is 2. The van der Waals surface area contributed by atoms with Gasteiger partial charge in [0, 0.05) is 30.8 Å². The van der Waals surface area contributed by atoms with E-state index in [9.17, 15) is 23.7 Å². The normalized spacial score (nSPS) is 22.1. The van der Waals surface area contributed by atoms with E-state index < -0.39 is 28.6 Å². The van der Waals surface area contributed by atoms with E-state index in [0.717, 1.165) is 50.3 Å². The molecule has 35 heavy (non-hydrogen) atoms. The number of hydrogen-bond acceptors (Lipinski definition) is 6. The van der Waals surface area contributed by atoms with Crippen molar-refractivity contribution >= 4 is 23.4 Å². The third kappa shape index (κ3) is 5.84. The van der Waals surface area contributed by atoms with Gasteiger partial charge in [0.1, 0.15) is 17.5 Å². The Kier molecular flexibility index (Phi) is 7.74. The summed E-state index contributed by atoms with van der Waals surface area (Å²) in [4.78, 5) is 29.7. The van der Waals surface area contributed by atoms with E-state index in [1.807, 2.05) is 0 Å². The third-order valence-corrected chi connectivity index (χ3v) is 6.87. The summed E-state index contributed by atoms with van der Waals surface area (Å²) in [7, 11) is 0. The van der Waals surface area contributed by atoms with Gasteiger partial charge in [-0.2, -0.15) is 0 Å². The predicted octanol–water partition coefficient (Wildman–Crippen LogP) is 4.67. The van der Waals surface area contributed by atoms with Crippen LogP contribution in [0.1, 0.15) is 56.6 Å². The number of urea groups is 1. The number of aromatic nitrogens is 1. The average molecular weight is 490 g/mol. The summed E-state index contributed by atoms with van der Waals surface area (Å²) in [6.07, 6.45) is 5.35. The molecule has 4 rings (SSSR count). The molecule has 0 unspecified atom stereocenters. The molecule has 9 nitrogen and oxygen atoms in total. The number of nitro groups is 1. The molecule has 1 aromatic carbocycles. The maximum atomic E-state index is 14.4. The van der Waals surface area contributed by atoms with Crippen molar-refractivity contribution in [2.45, 2.75) is 57.0 Å². The Bertz CT molecular complexity index is 1080. The van der Waals surface area contributed by atoms with Gasteiger partial charge in [-0.3, -0.25) is 15.4 Å². The molecule has 0 spiro atoms. The minimum Gasteiger partial charge on any atom is -0.396 e. The lowest BCUT2D eigenvalue weighted by Crippen LogP contribution is -2.40. The Labute approximate surface area is 201 Å². The molecule has 0 bridgehead atoms. The van der Waals surface area contributed by atoms with Crippen LogP contribution in [0.5, 0.6) is 0 Å². The van der Waals surface area contributed by atoms with Crippen LogP contribution < -0.4 is 15.5 Å². The molecule has 2 heterocycles. The van der Waals surface area contributed by atoms with Crippen LogP contribution in [0, 0.1) is 27.7 Å². The van der Waals surface area contributed by atoms with Gasteiger partial charge in [-0.1, -0.05) is 0 Å². The number of benzene rings is 1. The molecule has 1 saturated carbocycles. The fraction of sp³-hybridized carbons (Fsp3) is 0.500. The van der Waals surface area contributed by atoms with Crippen LogP contribution in [0.4, 0.5) is 30.9 Å². The number of nitrogens with one attached hydrogen (secondary N) is 2. The standard InChI is InChI=1S/C24H29F2N5O4/c25-16-5-8-19(26)18(14-16)20-2-1-12-30(20)22-10-9-21(31(34)35)23(28-22)29-24(33)27-17-6-3-15(4-7-17)11-13-32/h5,8-10,14-15,17,20,32H,1-4,6-7,11-13H2,(H2,27,28,29,33)/t15?,17?,20-/m1/s1. The Morgan fingerprint density at radius 3 is 2.66 bits per heavy atom. The molecule has 2 aliphatic rings. The highest BCUT2D eigenvalue weighted by atomic mass is 19.1. The van der Waals surface area contributed by atoms with Crippen LogP contribution in [0.3, 0.4) is 0 Å². The summed E-state index contributed by atoms with van der Waals surface area (Å²) < 4.78 is 28.2. The smallest absolute Gasteiger partial charge is 0.320 e. The van der Waals surface area contributed by atoms with Gasteiger partial charge in [0.2, 0.25) is 5.82 Å². The first-order valence-electron chi connectivity index (χ1n) is 11.9. The van der Waals surface area contributed by atoms with Crippen molar-refractivity contribution in [2.75, 3.05) is 23.4 Å². The number of carbonyl (C=O) groups excluding carboxylic acids is 1. The van der Waals surface area contributed by atoms with E-state index in [2.05, 4.69) is 15.6 Å². The molecular formula is C24H29F2N5O4. The number of pyridine rings is 1. The van der Waals surface area contributed by atoms with E-state index in [-0.39, 0.29) is 29.7 Å². The molecule has 1 aromatic heterocycles. The average Bonchev–Trinajstić information content (AvgIpc) is 3.31. The number of aliphatic hydroxyl groups excluding tert-OH is 1. The highest BCUT2D eigenvalue weighted by Gasteiger charge is 2.31. The van der Waals surface area contributed by atoms with E-state index in [0.29, 0.717) is 31.1 Å². The van der Waals surface area contributed by atoms with Crippen molar-refractivity contribution in [3.05, 3.63) is 57.6 Å². The molecule has 11 heteroatoms. The lowest BCUT2D eigenvalue weighted by molar-refractivity contribution is -0.384. The summed E-state index contributed by atoms with van der Waals surface area (Å²) >= 11 is 0. The number of carbonyl (C=O) groups is 1. The summed E-state index contributed by atoms with van der Waals surface area (Å²) in [5.41, 5.74) is -0.157. The zero-order chi connectivity index (χ0) is 24.9. The highest BCUT2D eigenvalue weighted by molar-refractivity contribution is 5.91. The van der Waals surface area contributed by atoms with Gasteiger partial charge >= 0.3 is 11.7 Å². The number of hydrogen-bond donors (Lipinski definition) is 3. The van der Waals surface area contributed by atoms with E-state index in [4.69, 9.17) is 5.11 Å². The largest absolute Gasteiger partial charge is 0.396 e. The van der Waals surface area contributed by atoms with Crippen molar-refractivity contribution < 1.29 is 23.6 Å². The molecule has 188 valence electrons. The fourth-order valence-electron chi connectivity index (χ4n) is 5.08. The Balaban J connectivity index is 1.50. The van der Waals surface area contributed by atoms with Crippen molar-refractivity contribution in [2.24, 2.45) is 5.92 Å². The Hall–Kier alpha value is -3.34. The van der Waals surface area contributed by atoms with E-state index >= 15 is 0 Å². The van der Waals surface area contributed by atoms with Gasteiger partial charge in [-0.15, -0.1) is 0 Å². The van der Waals surface area contributed by atoms with Gasteiger partial charge in [0.25, 0.3) is 0 Å². The van der Waals surface area contributed by atoms with E-state index in [1.165, 1.54) is 12.1 Å². The lowest BCUT2D eigenvalue weighted by atomic mass is 9.84. The van der Waals surface area contributed by atoms with Crippen LogP contribution in [0.15, 0.2) is 30.3 Å². The Morgan fingerprint density at radius 1 is 1.17 bits per heavy atom. The maximum Gasteiger partial charge on any atom is 0.320 e. The first kappa shape index (κ1) is 24.8. The topological polar surface area (TPSA) is 121 Å². The fourth-order valence-corrected chi connectivity index (χ4v) is 5.08. The minimum absolute atomic E-state index is 0.0638. The molecule has 2 aromatic rings. The molecule has 1 atom stereocenters. The maximum absolute atomic E-state index is 14.4. The summed E-state index contributed by atoms with van der Waals surface area (Å²) in [5, 5.41) is 26.0. The molecule has 1 saturated heterocycles. The number of anilines is 2. The lowest BCUT2D eigenvalue weighted by Gasteiger charge is -2.29. The van der Waals surface area contributed by atoms with Gasteiger partial charge in [0.05, 0.1) is 11.0 Å². The molecular weight excluding hydrogens is 460 g/mol. The zero-order valence-corrected chi connectivity index (χ0v) is 19.3. The van der Waals surface area contributed by atoms with Crippen LogP contribution in [0.25, 0.3) is 0 Å². The molecule has 3 N–H and O–H groups in total. The van der Waals surface area contributed by atoms with Crippen molar-refractivity contribution in [1.29, 1.82) is 0 Å². The summed E-state index contributed by atoms with van der Waals surface area (Å²) in [6, 6.07) is 4.89. The third-order valence-electron chi connectivity index (χ3n) is 6.87. The molecule has 0 radical (unpaired) electrons. The first-order valence-corrected chi connectivity index (χ1v) is 11.9. The highest BCUT2D eigenvalue weighted by Crippen LogP contribution is 2.38. The predicted molar refractivity (Wildman–Crippen MR) is 126 cm³/mol. The second-order valence-corrected chi connectivity index (χ2v) is 9.14. The van der Waals surface area contributed by atoms with Crippen LogP contribution >= 0.6 is 0 Å². The zero-order valence-electron chi connectivity index (χ0n) is 19.3. The number of halogens is 2. The SMILES string of the molecule is O=C(Nc1nc(N2CCC[C@@H]2c2cc(F)ccc2F)ccc1[N+](=O)[O-])NC1CCC(CCO)CC1.